The molecule has 0 N–H and O–H groups in total. The minimum atomic E-state index is -4.40. The first-order valence-electron chi connectivity index (χ1n) is 4.65. The van der Waals surface area contributed by atoms with Crippen LogP contribution < -0.4 is 4.43 Å². The number of hydrogen-bond donors (Lipinski definition) is 0. The highest BCUT2D eigenvalue weighted by molar-refractivity contribution is 6.70. The van der Waals surface area contributed by atoms with Crippen LogP contribution in [0.2, 0.25) is 24.7 Å². The molecule has 0 aliphatic carbocycles. The Morgan fingerprint density at radius 1 is 1.12 bits per heavy atom. The van der Waals surface area contributed by atoms with Gasteiger partial charge in [0.2, 0.25) is 8.32 Å². The lowest BCUT2D eigenvalue weighted by Crippen LogP contribution is -2.29. The molecule has 0 aromatic heterocycles. The van der Waals surface area contributed by atoms with Crippen molar-refractivity contribution in [3.05, 3.63) is 28.8 Å². The van der Waals surface area contributed by atoms with Gasteiger partial charge in [-0.05, 0) is 37.8 Å². The maximum absolute atomic E-state index is 12.5. The van der Waals surface area contributed by atoms with Crippen molar-refractivity contribution in [1.82, 2.24) is 0 Å². The Kier molecular flexibility index (Phi) is 3.59. The van der Waals surface area contributed by atoms with Gasteiger partial charge in [-0.3, -0.25) is 0 Å². The van der Waals surface area contributed by atoms with Crippen LogP contribution in [0.3, 0.4) is 0 Å². The van der Waals surface area contributed by atoms with E-state index in [1.54, 1.807) is 0 Å². The average molecular weight is 269 g/mol. The Bertz CT molecular complexity index is 385. The summed E-state index contributed by atoms with van der Waals surface area (Å²) in [6, 6.07) is 3.26. The summed E-state index contributed by atoms with van der Waals surface area (Å²) < 4.78 is 42.9. The van der Waals surface area contributed by atoms with Gasteiger partial charge in [-0.15, -0.1) is 0 Å². The van der Waals surface area contributed by atoms with E-state index >= 15 is 0 Å². The third-order valence-corrected chi connectivity index (χ3v) is 2.69. The molecule has 0 spiro atoms. The van der Waals surface area contributed by atoms with Crippen molar-refractivity contribution in [2.45, 2.75) is 25.8 Å². The molecule has 0 aliphatic heterocycles. The fraction of sp³-hybridized carbons (Fsp3) is 0.400. The van der Waals surface area contributed by atoms with Gasteiger partial charge in [-0.1, -0.05) is 11.6 Å². The third-order valence-electron chi connectivity index (χ3n) is 1.62. The third kappa shape index (κ3) is 4.06. The maximum Gasteiger partial charge on any atom is 0.416 e. The molecule has 1 aromatic carbocycles. The molecule has 0 radical (unpaired) electrons. The minimum absolute atomic E-state index is 0.0306. The Morgan fingerprint density at radius 3 is 2.12 bits per heavy atom. The quantitative estimate of drug-likeness (QED) is 0.714. The highest BCUT2D eigenvalue weighted by atomic mass is 35.5. The van der Waals surface area contributed by atoms with E-state index < -0.39 is 20.1 Å². The summed E-state index contributed by atoms with van der Waals surface area (Å²) in [5, 5.41) is 0.0306. The van der Waals surface area contributed by atoms with Crippen molar-refractivity contribution in [1.29, 1.82) is 0 Å². The molecule has 0 saturated heterocycles. The second-order valence-corrected chi connectivity index (χ2v) is 9.25. The molecule has 0 atom stereocenters. The number of hydrogen-bond acceptors (Lipinski definition) is 1. The Labute approximate surface area is 98.3 Å². The molecule has 16 heavy (non-hydrogen) atoms. The Morgan fingerprint density at radius 2 is 1.69 bits per heavy atom. The molecule has 1 nitrogen and oxygen atoms in total. The average Bonchev–Trinajstić information content (AvgIpc) is 1.97. The summed E-state index contributed by atoms with van der Waals surface area (Å²) in [6.07, 6.45) is -4.40. The summed E-state index contributed by atoms with van der Waals surface area (Å²) in [5.41, 5.74) is -0.784. The molecule has 0 heterocycles. The minimum Gasteiger partial charge on any atom is -0.544 e. The van der Waals surface area contributed by atoms with Crippen molar-refractivity contribution in [3.63, 3.8) is 0 Å². The van der Waals surface area contributed by atoms with E-state index in [-0.39, 0.29) is 10.8 Å². The largest absolute Gasteiger partial charge is 0.544 e. The molecule has 6 heteroatoms. The van der Waals surface area contributed by atoms with Crippen LogP contribution in [0.1, 0.15) is 5.56 Å². The maximum atomic E-state index is 12.5. The van der Waals surface area contributed by atoms with Gasteiger partial charge in [0.1, 0.15) is 5.75 Å². The van der Waals surface area contributed by atoms with E-state index in [4.69, 9.17) is 16.0 Å². The molecule has 0 aliphatic rings. The normalized spacial score (nSPS) is 12.7. The number of rotatable bonds is 2. The zero-order valence-electron chi connectivity index (χ0n) is 9.15. The van der Waals surface area contributed by atoms with Crippen molar-refractivity contribution < 1.29 is 17.6 Å². The van der Waals surface area contributed by atoms with Crippen LogP contribution in [0.4, 0.5) is 13.2 Å². The molecule has 0 bridgehead atoms. The van der Waals surface area contributed by atoms with E-state index in [9.17, 15) is 13.2 Å². The zero-order valence-corrected chi connectivity index (χ0v) is 10.9. The molecule has 0 unspecified atom stereocenters. The monoisotopic (exact) mass is 268 g/mol. The lowest BCUT2D eigenvalue weighted by molar-refractivity contribution is -0.137. The lowest BCUT2D eigenvalue weighted by Gasteiger charge is -2.20. The van der Waals surface area contributed by atoms with Gasteiger partial charge in [-0.2, -0.15) is 13.2 Å². The number of benzene rings is 1. The predicted molar refractivity (Wildman–Crippen MR) is 60.4 cm³/mol. The van der Waals surface area contributed by atoms with Crippen molar-refractivity contribution in [2.75, 3.05) is 0 Å². The lowest BCUT2D eigenvalue weighted by atomic mass is 10.2. The van der Waals surface area contributed by atoms with E-state index in [0.717, 1.165) is 12.1 Å². The van der Waals surface area contributed by atoms with E-state index in [1.165, 1.54) is 6.07 Å². The van der Waals surface area contributed by atoms with Gasteiger partial charge in [0.25, 0.3) is 0 Å². The van der Waals surface area contributed by atoms with Crippen LogP contribution in [-0.2, 0) is 6.18 Å². The second-order valence-electron chi connectivity index (χ2n) is 4.39. The first kappa shape index (κ1) is 13.4. The van der Waals surface area contributed by atoms with E-state index in [2.05, 4.69) is 0 Å². The molecule has 0 saturated carbocycles. The van der Waals surface area contributed by atoms with Crippen molar-refractivity contribution in [2.24, 2.45) is 0 Å². The van der Waals surface area contributed by atoms with Crippen LogP contribution in [0, 0.1) is 0 Å². The van der Waals surface area contributed by atoms with Gasteiger partial charge in [0.15, 0.2) is 0 Å². The van der Waals surface area contributed by atoms with E-state index in [1.807, 2.05) is 19.6 Å². The van der Waals surface area contributed by atoms with Gasteiger partial charge in [0.05, 0.1) is 5.56 Å². The summed E-state index contributed by atoms with van der Waals surface area (Å²) in [6.45, 7) is 5.67. The molecule has 1 rings (SSSR count). The first-order chi connectivity index (χ1) is 7.08. The summed E-state index contributed by atoms with van der Waals surface area (Å²) >= 11 is 5.62. The first-order valence-corrected chi connectivity index (χ1v) is 8.43. The second kappa shape index (κ2) is 4.29. The molecule has 90 valence electrons. The highest BCUT2D eigenvalue weighted by Crippen LogP contribution is 2.34. The van der Waals surface area contributed by atoms with Gasteiger partial charge in [-0.25, -0.2) is 0 Å². The van der Waals surface area contributed by atoms with Crippen molar-refractivity contribution in [3.8, 4) is 5.75 Å². The Balaban J connectivity index is 3.09. The van der Waals surface area contributed by atoms with Crippen molar-refractivity contribution >= 4 is 19.9 Å². The topological polar surface area (TPSA) is 9.23 Å². The highest BCUT2D eigenvalue weighted by Gasteiger charge is 2.31. The van der Waals surface area contributed by atoms with E-state index in [0.29, 0.717) is 0 Å². The number of alkyl halides is 3. The van der Waals surface area contributed by atoms with Gasteiger partial charge in [0, 0.05) is 5.02 Å². The van der Waals surface area contributed by atoms with Crippen LogP contribution in [0.5, 0.6) is 5.75 Å². The van der Waals surface area contributed by atoms with Crippen LogP contribution in [-0.4, -0.2) is 8.32 Å². The molecule has 0 fully saturated rings. The fourth-order valence-electron chi connectivity index (χ4n) is 1.14. The molecular weight excluding hydrogens is 257 g/mol. The summed E-state index contributed by atoms with van der Waals surface area (Å²) in [4.78, 5) is 0. The Hall–Kier alpha value is -0.683. The summed E-state index contributed by atoms with van der Waals surface area (Å²) in [5.74, 6) is 0.180. The standard InChI is InChI=1S/C10H12ClF3OSi/c1-16(2,3)15-9-5-7(10(12,13)14)4-8(11)6-9/h4-6H,1-3H3. The number of halogens is 4. The molecule has 1 aromatic rings. The van der Waals surface area contributed by atoms with Gasteiger partial charge < -0.3 is 4.43 Å². The smallest absolute Gasteiger partial charge is 0.416 e. The zero-order chi connectivity index (χ0) is 12.6. The van der Waals surface area contributed by atoms with Crippen LogP contribution in [0.25, 0.3) is 0 Å². The molecular formula is C10H12ClF3OSi. The summed E-state index contributed by atoms with van der Waals surface area (Å²) in [7, 11) is -1.93. The van der Waals surface area contributed by atoms with Crippen LogP contribution >= 0.6 is 11.6 Å². The predicted octanol–water partition coefficient (Wildman–Crippen LogP) is 4.57. The fourth-order valence-corrected chi connectivity index (χ4v) is 2.19. The van der Waals surface area contributed by atoms with Crippen LogP contribution in [0.15, 0.2) is 18.2 Å². The van der Waals surface area contributed by atoms with Gasteiger partial charge >= 0.3 is 6.18 Å². The SMILES string of the molecule is C[Si](C)(C)Oc1cc(Cl)cc(C(F)(F)F)c1. The molecule has 0 amide bonds.